The Labute approximate surface area is 93.6 Å². The third kappa shape index (κ3) is 1.21. The zero-order valence-corrected chi connectivity index (χ0v) is 9.05. The Bertz CT molecular complexity index is 418. The standard InChI is InChI=1S/C12H12ClNO/c13-10-4-2-1-3-9(10)12-5-8(6-12)11(15)14-7-12/h1-4,8H,5-7H2,(H,14,15). The summed E-state index contributed by atoms with van der Waals surface area (Å²) in [6.07, 6.45) is 1.92. The van der Waals surface area contributed by atoms with Gasteiger partial charge in [0.1, 0.15) is 0 Å². The maximum absolute atomic E-state index is 11.3. The number of carbonyl (C=O) groups excluding carboxylic acids is 1. The molecular weight excluding hydrogens is 210 g/mol. The summed E-state index contributed by atoms with van der Waals surface area (Å²) < 4.78 is 0. The van der Waals surface area contributed by atoms with Crippen LogP contribution in [0.1, 0.15) is 18.4 Å². The van der Waals surface area contributed by atoms with E-state index in [2.05, 4.69) is 11.4 Å². The van der Waals surface area contributed by atoms with E-state index in [0.29, 0.717) is 0 Å². The van der Waals surface area contributed by atoms with Crippen molar-refractivity contribution in [3.63, 3.8) is 0 Å². The summed E-state index contributed by atoms with van der Waals surface area (Å²) in [5, 5.41) is 3.78. The molecule has 2 bridgehead atoms. The van der Waals surface area contributed by atoms with Crippen LogP contribution in [0.25, 0.3) is 0 Å². The summed E-state index contributed by atoms with van der Waals surface area (Å²) in [7, 11) is 0. The fraction of sp³-hybridized carbons (Fsp3) is 0.417. The number of benzene rings is 1. The highest BCUT2D eigenvalue weighted by Gasteiger charge is 2.52. The fourth-order valence-electron chi connectivity index (χ4n) is 2.82. The molecule has 1 aliphatic carbocycles. The van der Waals surface area contributed by atoms with E-state index in [-0.39, 0.29) is 17.2 Å². The molecule has 0 radical (unpaired) electrons. The fourth-order valence-corrected chi connectivity index (χ4v) is 3.16. The third-order valence-electron chi connectivity index (χ3n) is 3.69. The average molecular weight is 222 g/mol. The summed E-state index contributed by atoms with van der Waals surface area (Å²) >= 11 is 6.20. The predicted octanol–water partition coefficient (Wildman–Crippen LogP) is 2.12. The van der Waals surface area contributed by atoms with Crippen molar-refractivity contribution in [1.82, 2.24) is 5.32 Å². The molecule has 3 fully saturated rings. The predicted molar refractivity (Wildman–Crippen MR) is 58.9 cm³/mol. The molecule has 1 amide bonds. The van der Waals surface area contributed by atoms with Crippen molar-refractivity contribution in [2.75, 3.05) is 6.54 Å². The Balaban J connectivity index is 1.97. The number of halogens is 1. The molecule has 15 heavy (non-hydrogen) atoms. The topological polar surface area (TPSA) is 29.1 Å². The SMILES string of the molecule is O=C1NCC2(c3ccccc3Cl)CC1C2. The van der Waals surface area contributed by atoms with Crippen LogP contribution in [0.4, 0.5) is 0 Å². The minimum Gasteiger partial charge on any atom is -0.355 e. The second-order valence-electron chi connectivity index (χ2n) is 4.58. The van der Waals surface area contributed by atoms with Crippen molar-refractivity contribution < 1.29 is 4.79 Å². The zero-order valence-electron chi connectivity index (χ0n) is 8.29. The molecular formula is C12H12ClNO. The number of hydrogen-bond donors (Lipinski definition) is 1. The maximum atomic E-state index is 11.3. The smallest absolute Gasteiger partial charge is 0.223 e. The first kappa shape index (κ1) is 9.22. The van der Waals surface area contributed by atoms with Crippen LogP contribution in [0.5, 0.6) is 0 Å². The van der Waals surface area contributed by atoms with Gasteiger partial charge in [-0.3, -0.25) is 4.79 Å². The summed E-state index contributed by atoms with van der Waals surface area (Å²) in [4.78, 5) is 11.3. The number of rotatable bonds is 1. The highest BCUT2D eigenvalue weighted by molar-refractivity contribution is 6.31. The van der Waals surface area contributed by atoms with E-state index < -0.39 is 0 Å². The molecule has 1 aromatic carbocycles. The zero-order chi connectivity index (χ0) is 10.5. The quantitative estimate of drug-likeness (QED) is 0.774. The molecule has 1 aromatic rings. The summed E-state index contributed by atoms with van der Waals surface area (Å²) in [5.74, 6) is 0.430. The molecule has 2 saturated heterocycles. The third-order valence-corrected chi connectivity index (χ3v) is 4.02. The number of amides is 1. The van der Waals surface area contributed by atoms with Crippen molar-refractivity contribution in [1.29, 1.82) is 0 Å². The van der Waals surface area contributed by atoms with Gasteiger partial charge in [-0.05, 0) is 24.5 Å². The minimum atomic E-state index is 0.122. The molecule has 2 aliphatic heterocycles. The van der Waals surface area contributed by atoms with Crippen molar-refractivity contribution in [3.05, 3.63) is 34.9 Å². The van der Waals surface area contributed by atoms with E-state index in [1.165, 1.54) is 5.56 Å². The first-order valence-corrected chi connectivity index (χ1v) is 5.62. The van der Waals surface area contributed by atoms with Crippen LogP contribution in [-0.4, -0.2) is 12.5 Å². The molecule has 78 valence electrons. The summed E-state index contributed by atoms with van der Waals surface area (Å²) in [6, 6.07) is 7.96. The van der Waals surface area contributed by atoms with E-state index in [4.69, 9.17) is 11.6 Å². The van der Waals surface area contributed by atoms with Crippen molar-refractivity contribution >= 4 is 17.5 Å². The van der Waals surface area contributed by atoms with Crippen LogP contribution in [0, 0.1) is 5.92 Å². The van der Waals surface area contributed by atoms with E-state index in [1.807, 2.05) is 18.2 Å². The lowest BCUT2D eigenvalue weighted by molar-refractivity contribution is -0.135. The van der Waals surface area contributed by atoms with Crippen molar-refractivity contribution in [3.8, 4) is 0 Å². The van der Waals surface area contributed by atoms with Gasteiger partial charge in [0.25, 0.3) is 0 Å². The first-order chi connectivity index (χ1) is 7.21. The summed E-state index contributed by atoms with van der Waals surface area (Å²) in [6.45, 7) is 0.742. The van der Waals surface area contributed by atoms with E-state index >= 15 is 0 Å². The molecule has 0 spiro atoms. The molecule has 1 N–H and O–H groups in total. The largest absolute Gasteiger partial charge is 0.355 e. The molecule has 0 aromatic heterocycles. The van der Waals surface area contributed by atoms with E-state index in [1.54, 1.807) is 0 Å². The van der Waals surface area contributed by atoms with Crippen LogP contribution in [0.2, 0.25) is 5.02 Å². The monoisotopic (exact) mass is 221 g/mol. The lowest BCUT2D eigenvalue weighted by Gasteiger charge is -2.52. The van der Waals surface area contributed by atoms with Crippen LogP contribution in [-0.2, 0) is 10.2 Å². The number of fused-ring (bicyclic) bond motifs is 2. The summed E-state index contributed by atoms with van der Waals surface area (Å²) in [5.41, 5.74) is 1.32. The number of nitrogens with one attached hydrogen (secondary N) is 1. The normalized spacial score (nSPS) is 33.1. The van der Waals surface area contributed by atoms with Gasteiger partial charge in [0.2, 0.25) is 5.91 Å². The second kappa shape index (κ2) is 2.99. The van der Waals surface area contributed by atoms with Crippen molar-refractivity contribution in [2.24, 2.45) is 5.92 Å². The van der Waals surface area contributed by atoms with Crippen LogP contribution in [0.15, 0.2) is 24.3 Å². The Kier molecular flexibility index (Phi) is 1.84. The Morgan fingerprint density at radius 3 is 2.67 bits per heavy atom. The van der Waals surface area contributed by atoms with Gasteiger partial charge in [0, 0.05) is 22.9 Å². The lowest BCUT2D eigenvalue weighted by atomic mass is 9.56. The lowest BCUT2D eigenvalue weighted by Crippen LogP contribution is -2.60. The van der Waals surface area contributed by atoms with Gasteiger partial charge >= 0.3 is 0 Å². The Morgan fingerprint density at radius 1 is 1.33 bits per heavy atom. The minimum absolute atomic E-state index is 0.122. The Morgan fingerprint density at radius 2 is 2.07 bits per heavy atom. The average Bonchev–Trinajstić information content (AvgIpc) is 2.18. The van der Waals surface area contributed by atoms with Gasteiger partial charge in [-0.15, -0.1) is 0 Å². The number of hydrogen-bond acceptors (Lipinski definition) is 1. The van der Waals surface area contributed by atoms with Gasteiger partial charge in [0.05, 0.1) is 0 Å². The van der Waals surface area contributed by atoms with Crippen LogP contribution in [0.3, 0.4) is 0 Å². The number of piperidine rings is 2. The van der Waals surface area contributed by atoms with Gasteiger partial charge in [-0.1, -0.05) is 29.8 Å². The number of carbonyl (C=O) groups is 1. The molecule has 0 unspecified atom stereocenters. The second-order valence-corrected chi connectivity index (χ2v) is 4.99. The van der Waals surface area contributed by atoms with E-state index in [0.717, 1.165) is 24.4 Å². The molecule has 1 saturated carbocycles. The van der Waals surface area contributed by atoms with Crippen LogP contribution >= 0.6 is 11.6 Å². The molecule has 4 rings (SSSR count). The Hall–Kier alpha value is -1.02. The molecule has 3 heteroatoms. The van der Waals surface area contributed by atoms with Gasteiger partial charge in [-0.2, -0.15) is 0 Å². The van der Waals surface area contributed by atoms with E-state index in [9.17, 15) is 4.79 Å². The molecule has 2 heterocycles. The highest BCUT2D eigenvalue weighted by Crippen LogP contribution is 2.51. The van der Waals surface area contributed by atoms with Crippen LogP contribution < -0.4 is 5.32 Å². The highest BCUT2D eigenvalue weighted by atomic mass is 35.5. The molecule has 2 nitrogen and oxygen atoms in total. The molecule has 3 aliphatic rings. The van der Waals surface area contributed by atoms with Gasteiger partial charge < -0.3 is 5.32 Å². The molecule has 0 atom stereocenters. The maximum Gasteiger partial charge on any atom is 0.223 e. The van der Waals surface area contributed by atoms with Crippen molar-refractivity contribution in [2.45, 2.75) is 18.3 Å². The van der Waals surface area contributed by atoms with Gasteiger partial charge in [-0.25, -0.2) is 0 Å². The first-order valence-electron chi connectivity index (χ1n) is 5.24. The van der Waals surface area contributed by atoms with Gasteiger partial charge in [0.15, 0.2) is 0 Å².